The van der Waals surface area contributed by atoms with Crippen molar-refractivity contribution >= 4 is 17.5 Å². The van der Waals surface area contributed by atoms with E-state index in [4.69, 9.17) is 11.6 Å². The first-order valence-corrected chi connectivity index (χ1v) is 7.09. The molecule has 0 fully saturated rings. The maximum atomic E-state index is 11.5. The third kappa shape index (κ3) is 10.3. The Morgan fingerprint density at radius 2 is 1.88 bits per heavy atom. The van der Waals surface area contributed by atoms with E-state index >= 15 is 0 Å². The highest BCUT2D eigenvalue weighted by Gasteiger charge is 2.06. The van der Waals surface area contributed by atoms with Gasteiger partial charge in [0.2, 0.25) is 5.91 Å². The largest absolute Gasteiger partial charge is 0.354 e. The zero-order valence-electron chi connectivity index (χ0n) is 10.7. The van der Waals surface area contributed by atoms with Crippen molar-refractivity contribution in [2.24, 2.45) is 0 Å². The number of halogens is 1. The van der Waals surface area contributed by atoms with E-state index in [1.54, 1.807) is 0 Å². The van der Waals surface area contributed by atoms with E-state index in [2.05, 4.69) is 12.2 Å². The molecule has 2 nitrogen and oxygen atoms in total. The van der Waals surface area contributed by atoms with Crippen LogP contribution in [-0.2, 0) is 4.79 Å². The van der Waals surface area contributed by atoms with Crippen LogP contribution in [0, 0.1) is 0 Å². The molecular formula is C13H26ClNO. The Bertz CT molecular complexity index is 173. The van der Waals surface area contributed by atoms with Crippen LogP contribution in [0.25, 0.3) is 0 Å². The molecule has 0 rings (SSSR count). The molecule has 1 amide bonds. The van der Waals surface area contributed by atoms with Crippen LogP contribution in [0.15, 0.2) is 0 Å². The van der Waals surface area contributed by atoms with Crippen molar-refractivity contribution in [3.63, 3.8) is 0 Å². The maximum absolute atomic E-state index is 11.5. The van der Waals surface area contributed by atoms with Crippen LogP contribution in [0.3, 0.4) is 0 Å². The number of rotatable bonds is 10. The van der Waals surface area contributed by atoms with Crippen LogP contribution in [0.4, 0.5) is 0 Å². The number of carbonyl (C=O) groups is 1. The minimum Gasteiger partial charge on any atom is -0.354 e. The number of carbonyl (C=O) groups excluding carboxylic acids is 1. The van der Waals surface area contributed by atoms with Crippen LogP contribution in [-0.4, -0.2) is 17.8 Å². The second-order valence-electron chi connectivity index (χ2n) is 4.46. The highest BCUT2D eigenvalue weighted by Crippen LogP contribution is 2.05. The maximum Gasteiger partial charge on any atom is 0.220 e. The first-order valence-electron chi connectivity index (χ1n) is 6.56. The summed E-state index contributed by atoms with van der Waals surface area (Å²) >= 11 is 5.60. The van der Waals surface area contributed by atoms with Crippen LogP contribution < -0.4 is 5.32 Å². The van der Waals surface area contributed by atoms with Gasteiger partial charge in [0.1, 0.15) is 0 Å². The second-order valence-corrected chi connectivity index (χ2v) is 4.84. The van der Waals surface area contributed by atoms with Crippen molar-refractivity contribution in [2.75, 3.05) is 5.88 Å². The smallest absolute Gasteiger partial charge is 0.220 e. The summed E-state index contributed by atoms with van der Waals surface area (Å²) < 4.78 is 0. The molecule has 96 valence electrons. The van der Waals surface area contributed by atoms with E-state index in [-0.39, 0.29) is 11.9 Å². The molecule has 0 aromatic heterocycles. The van der Waals surface area contributed by atoms with Gasteiger partial charge in [-0.1, -0.05) is 32.6 Å². The second kappa shape index (κ2) is 11.3. The van der Waals surface area contributed by atoms with Crippen molar-refractivity contribution in [1.82, 2.24) is 5.32 Å². The molecule has 1 unspecified atom stereocenters. The summed E-state index contributed by atoms with van der Waals surface area (Å²) in [4.78, 5) is 11.5. The summed E-state index contributed by atoms with van der Waals surface area (Å²) in [7, 11) is 0. The molecule has 0 saturated heterocycles. The number of hydrogen-bond donors (Lipinski definition) is 1. The molecule has 0 heterocycles. The molecule has 0 aliphatic rings. The predicted molar refractivity (Wildman–Crippen MR) is 70.9 cm³/mol. The highest BCUT2D eigenvalue weighted by molar-refractivity contribution is 6.17. The van der Waals surface area contributed by atoms with Crippen molar-refractivity contribution in [3.8, 4) is 0 Å². The number of unbranched alkanes of at least 4 members (excludes halogenated alkanes) is 4. The third-order valence-electron chi connectivity index (χ3n) is 2.69. The first kappa shape index (κ1) is 15.8. The monoisotopic (exact) mass is 247 g/mol. The first-order chi connectivity index (χ1) is 7.70. The van der Waals surface area contributed by atoms with Gasteiger partial charge in [-0.2, -0.15) is 0 Å². The van der Waals surface area contributed by atoms with Gasteiger partial charge in [0.05, 0.1) is 0 Å². The van der Waals surface area contributed by atoms with Crippen LogP contribution in [0.2, 0.25) is 0 Å². The summed E-state index contributed by atoms with van der Waals surface area (Å²) in [6.07, 6.45) is 8.62. The average molecular weight is 248 g/mol. The van der Waals surface area contributed by atoms with Crippen molar-refractivity contribution in [1.29, 1.82) is 0 Å². The van der Waals surface area contributed by atoms with Gasteiger partial charge >= 0.3 is 0 Å². The molecule has 16 heavy (non-hydrogen) atoms. The standard InChI is InChI=1S/C13H26ClNO/c1-3-4-5-6-7-10-13(16)15-12(2)9-8-11-14/h12H,3-11H2,1-2H3,(H,15,16). The van der Waals surface area contributed by atoms with Crippen molar-refractivity contribution in [3.05, 3.63) is 0 Å². The zero-order valence-corrected chi connectivity index (χ0v) is 11.5. The lowest BCUT2D eigenvalue weighted by Crippen LogP contribution is -2.32. The van der Waals surface area contributed by atoms with E-state index in [9.17, 15) is 4.79 Å². The lowest BCUT2D eigenvalue weighted by atomic mass is 10.1. The number of amides is 1. The summed E-state index contributed by atoms with van der Waals surface area (Å²) in [6.45, 7) is 4.24. The summed E-state index contributed by atoms with van der Waals surface area (Å²) in [6, 6.07) is 0.266. The van der Waals surface area contributed by atoms with Gasteiger partial charge in [-0.05, 0) is 26.2 Å². The van der Waals surface area contributed by atoms with Crippen LogP contribution >= 0.6 is 11.6 Å². The molecule has 1 N–H and O–H groups in total. The fourth-order valence-corrected chi connectivity index (χ4v) is 1.85. The highest BCUT2D eigenvalue weighted by atomic mass is 35.5. The van der Waals surface area contributed by atoms with Crippen LogP contribution in [0.1, 0.15) is 65.2 Å². The van der Waals surface area contributed by atoms with Crippen molar-refractivity contribution in [2.45, 2.75) is 71.3 Å². The Morgan fingerprint density at radius 3 is 2.50 bits per heavy atom. The Balaban J connectivity index is 3.36. The van der Waals surface area contributed by atoms with Gasteiger partial charge in [-0.3, -0.25) is 4.79 Å². The Morgan fingerprint density at radius 1 is 1.19 bits per heavy atom. The van der Waals surface area contributed by atoms with E-state index in [1.165, 1.54) is 25.7 Å². The lowest BCUT2D eigenvalue weighted by molar-refractivity contribution is -0.121. The molecule has 0 aromatic carbocycles. The lowest BCUT2D eigenvalue weighted by Gasteiger charge is -2.12. The predicted octanol–water partition coefficient (Wildman–Crippen LogP) is 3.87. The van der Waals surface area contributed by atoms with Gasteiger partial charge in [0, 0.05) is 18.3 Å². The molecule has 0 saturated carbocycles. The Hall–Kier alpha value is -0.240. The minimum absolute atomic E-state index is 0.193. The SMILES string of the molecule is CCCCCCCC(=O)NC(C)CCCCl. The summed E-state index contributed by atoms with van der Waals surface area (Å²) in [5.74, 6) is 0.871. The molecule has 0 aliphatic carbocycles. The fourth-order valence-electron chi connectivity index (χ4n) is 1.69. The van der Waals surface area contributed by atoms with Crippen LogP contribution in [0.5, 0.6) is 0 Å². The Kier molecular flexibility index (Phi) is 11.1. The molecule has 0 bridgehead atoms. The van der Waals surface area contributed by atoms with E-state index < -0.39 is 0 Å². The van der Waals surface area contributed by atoms with Gasteiger partial charge < -0.3 is 5.32 Å². The van der Waals surface area contributed by atoms with Gasteiger partial charge in [-0.15, -0.1) is 11.6 Å². The average Bonchev–Trinajstić information content (AvgIpc) is 2.26. The fraction of sp³-hybridized carbons (Fsp3) is 0.923. The minimum atomic E-state index is 0.193. The van der Waals surface area contributed by atoms with Gasteiger partial charge in [-0.25, -0.2) is 0 Å². The normalized spacial score (nSPS) is 12.4. The zero-order chi connectivity index (χ0) is 12.2. The molecule has 3 heteroatoms. The Labute approximate surface area is 105 Å². The number of nitrogens with one attached hydrogen (secondary N) is 1. The van der Waals surface area contributed by atoms with Gasteiger partial charge in [0.15, 0.2) is 0 Å². The van der Waals surface area contributed by atoms with Crippen molar-refractivity contribution < 1.29 is 4.79 Å². The molecule has 0 radical (unpaired) electrons. The molecule has 0 aliphatic heterocycles. The van der Waals surface area contributed by atoms with E-state index in [1.807, 2.05) is 6.92 Å². The topological polar surface area (TPSA) is 29.1 Å². The molecular weight excluding hydrogens is 222 g/mol. The number of hydrogen-bond acceptors (Lipinski definition) is 1. The summed E-state index contributed by atoms with van der Waals surface area (Å²) in [5, 5.41) is 3.01. The number of alkyl halides is 1. The summed E-state index contributed by atoms with van der Waals surface area (Å²) in [5.41, 5.74) is 0. The molecule has 0 aromatic rings. The van der Waals surface area contributed by atoms with Gasteiger partial charge in [0.25, 0.3) is 0 Å². The molecule has 1 atom stereocenters. The molecule has 0 spiro atoms. The third-order valence-corrected chi connectivity index (χ3v) is 2.95. The van der Waals surface area contributed by atoms with E-state index in [0.717, 1.165) is 19.3 Å². The van der Waals surface area contributed by atoms with E-state index in [0.29, 0.717) is 12.3 Å². The quantitative estimate of drug-likeness (QED) is 0.461.